The van der Waals surface area contributed by atoms with Crippen LogP contribution in [0.2, 0.25) is 0 Å². The summed E-state index contributed by atoms with van der Waals surface area (Å²) >= 11 is 0. The summed E-state index contributed by atoms with van der Waals surface area (Å²) in [6.07, 6.45) is 5.63. The first-order chi connectivity index (χ1) is 9.15. The van der Waals surface area contributed by atoms with Crippen molar-refractivity contribution in [3.8, 4) is 0 Å². The van der Waals surface area contributed by atoms with Crippen molar-refractivity contribution >= 4 is 0 Å². The van der Waals surface area contributed by atoms with Crippen molar-refractivity contribution in [2.45, 2.75) is 39.5 Å². The highest BCUT2D eigenvalue weighted by atomic mass is 16.1. The monoisotopic (exact) mass is 260 g/mol. The van der Waals surface area contributed by atoms with Crippen molar-refractivity contribution in [3.63, 3.8) is 0 Å². The van der Waals surface area contributed by atoms with E-state index in [2.05, 4.69) is 24.1 Å². The van der Waals surface area contributed by atoms with Gasteiger partial charge in [0.2, 0.25) is 0 Å². The summed E-state index contributed by atoms with van der Waals surface area (Å²) in [4.78, 5) is 15.9. The molecular weight excluding hydrogens is 240 g/mol. The molecule has 5 nitrogen and oxygen atoms in total. The fourth-order valence-corrected chi connectivity index (χ4v) is 1.80. The van der Waals surface area contributed by atoms with Gasteiger partial charge in [-0.05, 0) is 6.07 Å². The lowest BCUT2D eigenvalue weighted by atomic mass is 10.3. The number of nitrogens with one attached hydrogen (secondary N) is 1. The number of aryl methyl sites for hydroxylation is 2. The Balaban J connectivity index is 1.90. The van der Waals surface area contributed by atoms with E-state index >= 15 is 0 Å². The molecule has 0 aromatic carbocycles. The summed E-state index contributed by atoms with van der Waals surface area (Å²) in [6.45, 7) is 6.40. The van der Waals surface area contributed by atoms with Gasteiger partial charge in [-0.25, -0.2) is 4.98 Å². The molecule has 1 N–H and O–H groups in total. The molecule has 5 heteroatoms. The van der Waals surface area contributed by atoms with Crippen LogP contribution in [0.4, 0.5) is 0 Å². The van der Waals surface area contributed by atoms with E-state index < -0.39 is 0 Å². The second-order valence-corrected chi connectivity index (χ2v) is 4.87. The minimum atomic E-state index is 0.0318. The molecule has 2 rings (SSSR count). The fourth-order valence-electron chi connectivity index (χ4n) is 1.80. The van der Waals surface area contributed by atoms with Crippen LogP contribution in [0.5, 0.6) is 0 Å². The van der Waals surface area contributed by atoms with Gasteiger partial charge in [0.05, 0.1) is 12.0 Å². The van der Waals surface area contributed by atoms with Gasteiger partial charge in [0, 0.05) is 44.1 Å². The molecule has 0 saturated carbocycles. The summed E-state index contributed by atoms with van der Waals surface area (Å²) in [5.41, 5.74) is 1.05. The van der Waals surface area contributed by atoms with E-state index in [0.29, 0.717) is 12.6 Å². The van der Waals surface area contributed by atoms with Crippen molar-refractivity contribution in [1.29, 1.82) is 0 Å². The fraction of sp³-hybridized carbons (Fsp3) is 0.429. The highest BCUT2D eigenvalue weighted by Gasteiger charge is 2.00. The van der Waals surface area contributed by atoms with E-state index in [4.69, 9.17) is 0 Å². The Bertz CT molecular complexity index is 571. The number of nitrogens with zero attached hydrogens (tertiary/aromatic N) is 3. The van der Waals surface area contributed by atoms with Crippen LogP contribution in [-0.2, 0) is 19.6 Å². The van der Waals surface area contributed by atoms with E-state index in [0.717, 1.165) is 18.8 Å². The Morgan fingerprint density at radius 1 is 1.32 bits per heavy atom. The topological polar surface area (TPSA) is 51.9 Å². The van der Waals surface area contributed by atoms with Gasteiger partial charge in [-0.15, -0.1) is 0 Å². The molecule has 0 aliphatic carbocycles. The average Bonchev–Trinajstić information content (AvgIpc) is 2.83. The van der Waals surface area contributed by atoms with E-state index in [1.807, 2.05) is 23.2 Å². The van der Waals surface area contributed by atoms with Crippen LogP contribution >= 0.6 is 0 Å². The lowest BCUT2D eigenvalue weighted by Gasteiger charge is -2.06. The molecule has 2 aromatic heterocycles. The zero-order chi connectivity index (χ0) is 13.7. The van der Waals surface area contributed by atoms with Gasteiger partial charge in [-0.2, -0.15) is 0 Å². The van der Waals surface area contributed by atoms with Crippen molar-refractivity contribution in [2.75, 3.05) is 0 Å². The van der Waals surface area contributed by atoms with Gasteiger partial charge < -0.3 is 14.5 Å². The van der Waals surface area contributed by atoms with Crippen LogP contribution in [0, 0.1) is 0 Å². The lowest BCUT2D eigenvalue weighted by molar-refractivity contribution is 0.562. The molecule has 0 amide bonds. The second-order valence-electron chi connectivity index (χ2n) is 4.87. The van der Waals surface area contributed by atoms with Crippen molar-refractivity contribution in [1.82, 2.24) is 19.4 Å². The van der Waals surface area contributed by atoms with Crippen LogP contribution < -0.4 is 10.9 Å². The normalized spacial score (nSPS) is 11.1. The molecular formula is C14H20N4O. The third kappa shape index (κ3) is 4.06. The maximum atomic E-state index is 11.6. The molecule has 2 aromatic rings. The summed E-state index contributed by atoms with van der Waals surface area (Å²) in [7, 11) is 0. The molecule has 0 spiro atoms. The van der Waals surface area contributed by atoms with E-state index in [9.17, 15) is 4.79 Å². The van der Waals surface area contributed by atoms with E-state index in [-0.39, 0.29) is 5.56 Å². The molecule has 2 heterocycles. The third-order valence-electron chi connectivity index (χ3n) is 2.88. The van der Waals surface area contributed by atoms with Crippen molar-refractivity contribution < 1.29 is 0 Å². The average molecular weight is 260 g/mol. The largest absolute Gasteiger partial charge is 0.335 e. The van der Waals surface area contributed by atoms with Crippen molar-refractivity contribution in [3.05, 3.63) is 53.0 Å². The second kappa shape index (κ2) is 6.33. The molecule has 102 valence electrons. The quantitative estimate of drug-likeness (QED) is 0.850. The molecule has 0 bridgehead atoms. The maximum absolute atomic E-state index is 11.6. The zero-order valence-corrected chi connectivity index (χ0v) is 11.4. The van der Waals surface area contributed by atoms with Crippen LogP contribution in [0.25, 0.3) is 0 Å². The number of rotatable bonds is 6. The molecule has 0 unspecified atom stereocenters. The lowest BCUT2D eigenvalue weighted by Crippen LogP contribution is -2.22. The summed E-state index contributed by atoms with van der Waals surface area (Å²) in [5, 5.41) is 3.33. The van der Waals surface area contributed by atoms with Gasteiger partial charge >= 0.3 is 0 Å². The molecule has 0 aliphatic rings. The van der Waals surface area contributed by atoms with Gasteiger partial charge in [0.15, 0.2) is 0 Å². The van der Waals surface area contributed by atoms with Gasteiger partial charge in [-0.1, -0.05) is 19.9 Å². The number of pyridine rings is 1. The van der Waals surface area contributed by atoms with Gasteiger partial charge in [-0.3, -0.25) is 4.79 Å². The highest BCUT2D eigenvalue weighted by Crippen LogP contribution is 1.97. The Morgan fingerprint density at radius 3 is 2.89 bits per heavy atom. The Hall–Kier alpha value is -1.88. The summed E-state index contributed by atoms with van der Waals surface area (Å²) in [6, 6.07) is 5.65. The number of imidazole rings is 1. The standard InChI is InChI=1S/C14H20N4O/c1-12(2)15-9-13-10-17(11-16-13)7-8-18-6-4-3-5-14(18)19/h3-6,10-12,15H,7-9H2,1-2H3. The molecule has 0 saturated heterocycles. The molecule has 0 fully saturated rings. The molecule has 0 atom stereocenters. The third-order valence-corrected chi connectivity index (χ3v) is 2.88. The molecule has 0 aliphatic heterocycles. The SMILES string of the molecule is CC(C)NCc1cn(CCn2ccccc2=O)cn1. The number of aromatic nitrogens is 3. The first-order valence-corrected chi connectivity index (χ1v) is 6.54. The summed E-state index contributed by atoms with van der Waals surface area (Å²) in [5.74, 6) is 0. The van der Waals surface area contributed by atoms with Crippen LogP contribution in [-0.4, -0.2) is 20.2 Å². The highest BCUT2D eigenvalue weighted by molar-refractivity contribution is 4.97. The Kier molecular flexibility index (Phi) is 4.52. The minimum absolute atomic E-state index is 0.0318. The predicted molar refractivity (Wildman–Crippen MR) is 74.9 cm³/mol. The Morgan fingerprint density at radius 2 is 2.16 bits per heavy atom. The molecule has 19 heavy (non-hydrogen) atoms. The van der Waals surface area contributed by atoms with E-state index in [1.54, 1.807) is 22.9 Å². The number of hydrogen-bond acceptors (Lipinski definition) is 3. The van der Waals surface area contributed by atoms with Crippen molar-refractivity contribution in [2.24, 2.45) is 0 Å². The van der Waals surface area contributed by atoms with Crippen LogP contribution in [0.1, 0.15) is 19.5 Å². The van der Waals surface area contributed by atoms with Crippen LogP contribution in [0.15, 0.2) is 41.7 Å². The number of hydrogen-bond donors (Lipinski definition) is 1. The minimum Gasteiger partial charge on any atom is -0.335 e. The van der Waals surface area contributed by atoms with Crippen LogP contribution in [0.3, 0.4) is 0 Å². The smallest absolute Gasteiger partial charge is 0.250 e. The Labute approximate surface area is 112 Å². The first kappa shape index (κ1) is 13.5. The summed E-state index contributed by atoms with van der Waals surface area (Å²) < 4.78 is 3.71. The zero-order valence-electron chi connectivity index (χ0n) is 11.4. The van der Waals surface area contributed by atoms with Gasteiger partial charge in [0.25, 0.3) is 5.56 Å². The maximum Gasteiger partial charge on any atom is 0.250 e. The first-order valence-electron chi connectivity index (χ1n) is 6.54. The van der Waals surface area contributed by atoms with Gasteiger partial charge in [0.1, 0.15) is 0 Å². The predicted octanol–water partition coefficient (Wildman–Crippen LogP) is 1.24. The van der Waals surface area contributed by atoms with E-state index in [1.165, 1.54) is 0 Å². The molecule has 0 radical (unpaired) electrons.